The number of rotatable bonds is 3. The fourth-order valence-corrected chi connectivity index (χ4v) is 2.75. The maximum absolute atomic E-state index is 5.66. The first-order valence-electron chi connectivity index (χ1n) is 6.43. The van der Waals surface area contributed by atoms with Gasteiger partial charge in [-0.3, -0.25) is 4.40 Å². The van der Waals surface area contributed by atoms with Gasteiger partial charge in [0, 0.05) is 30.0 Å². The normalized spacial score (nSPS) is 11.5. The second-order valence-electron chi connectivity index (χ2n) is 4.60. The van der Waals surface area contributed by atoms with E-state index in [2.05, 4.69) is 19.9 Å². The van der Waals surface area contributed by atoms with E-state index in [9.17, 15) is 0 Å². The lowest BCUT2D eigenvalue weighted by Crippen LogP contribution is -1.83. The summed E-state index contributed by atoms with van der Waals surface area (Å²) in [7, 11) is 0. The van der Waals surface area contributed by atoms with Crippen LogP contribution in [0.15, 0.2) is 46.4 Å². The van der Waals surface area contributed by atoms with Gasteiger partial charge in [-0.1, -0.05) is 11.8 Å². The van der Waals surface area contributed by atoms with Gasteiger partial charge in [0.15, 0.2) is 11.2 Å². The van der Waals surface area contributed by atoms with Crippen molar-refractivity contribution >= 4 is 28.8 Å². The Hall–Kier alpha value is -2.41. The first-order valence-corrected chi connectivity index (χ1v) is 7.42. The van der Waals surface area contributed by atoms with E-state index >= 15 is 0 Å². The molecule has 21 heavy (non-hydrogen) atoms. The van der Waals surface area contributed by atoms with Crippen molar-refractivity contribution in [2.45, 2.75) is 17.9 Å². The van der Waals surface area contributed by atoms with Crippen LogP contribution >= 0.6 is 11.8 Å². The van der Waals surface area contributed by atoms with E-state index in [-0.39, 0.29) is 0 Å². The number of thioether (sulfide) groups is 1. The van der Waals surface area contributed by atoms with E-state index < -0.39 is 0 Å². The van der Waals surface area contributed by atoms with Crippen LogP contribution in [0, 0.1) is 6.92 Å². The minimum Gasteiger partial charge on any atom is -0.430 e. The van der Waals surface area contributed by atoms with Gasteiger partial charge in [-0.15, -0.1) is 0 Å². The van der Waals surface area contributed by atoms with Crippen molar-refractivity contribution in [3.8, 4) is 0 Å². The average Bonchev–Trinajstić information content (AvgIpc) is 3.07. The quantitative estimate of drug-likeness (QED) is 0.542. The molecule has 0 atom stereocenters. The largest absolute Gasteiger partial charge is 0.430 e. The number of imidazole rings is 1. The van der Waals surface area contributed by atoms with Gasteiger partial charge in [0.1, 0.15) is 0 Å². The Morgan fingerprint density at radius 3 is 3.10 bits per heavy atom. The molecular weight excluding hydrogens is 286 g/mol. The zero-order chi connectivity index (χ0) is 14.2. The van der Waals surface area contributed by atoms with Gasteiger partial charge in [-0.05, 0) is 25.1 Å². The smallest absolute Gasteiger partial charge is 0.258 e. The number of aryl methyl sites for hydroxylation is 1. The van der Waals surface area contributed by atoms with Crippen molar-refractivity contribution in [3.63, 3.8) is 0 Å². The zero-order valence-corrected chi connectivity index (χ0v) is 12.0. The Bertz CT molecular complexity index is 896. The zero-order valence-electron chi connectivity index (χ0n) is 11.2. The highest BCUT2D eigenvalue weighted by Gasteiger charge is 2.09. The van der Waals surface area contributed by atoms with Gasteiger partial charge < -0.3 is 4.42 Å². The van der Waals surface area contributed by atoms with E-state index in [4.69, 9.17) is 4.42 Å². The molecule has 4 aromatic rings. The van der Waals surface area contributed by atoms with Crippen molar-refractivity contribution in [2.75, 3.05) is 0 Å². The molecule has 4 aromatic heterocycles. The number of fused-ring (bicyclic) bond motifs is 2. The first kappa shape index (κ1) is 12.3. The molecule has 0 bridgehead atoms. The number of hydrogen-bond acceptors (Lipinski definition) is 6. The molecule has 0 aliphatic heterocycles. The number of pyridine rings is 1. The Kier molecular flexibility index (Phi) is 2.85. The van der Waals surface area contributed by atoms with Crippen molar-refractivity contribution in [2.24, 2.45) is 0 Å². The summed E-state index contributed by atoms with van der Waals surface area (Å²) < 4.78 is 7.55. The maximum Gasteiger partial charge on any atom is 0.258 e. The monoisotopic (exact) mass is 297 g/mol. The lowest BCUT2D eigenvalue weighted by molar-refractivity contribution is 0.489. The summed E-state index contributed by atoms with van der Waals surface area (Å²) in [6.45, 7) is 1.94. The molecule has 0 spiro atoms. The number of oxazole rings is 1. The third-order valence-corrected chi connectivity index (χ3v) is 3.86. The number of aromatic nitrogens is 5. The summed E-state index contributed by atoms with van der Waals surface area (Å²) >= 11 is 1.50. The summed E-state index contributed by atoms with van der Waals surface area (Å²) in [5.74, 6) is 1.37. The molecule has 4 rings (SSSR count). The minimum absolute atomic E-state index is 0.605. The van der Waals surface area contributed by atoms with Crippen molar-refractivity contribution < 1.29 is 4.42 Å². The van der Waals surface area contributed by atoms with Crippen LogP contribution in [-0.2, 0) is 5.75 Å². The molecular formula is C14H11N5OS. The Morgan fingerprint density at radius 1 is 1.24 bits per heavy atom. The van der Waals surface area contributed by atoms with Crippen LogP contribution in [0.3, 0.4) is 0 Å². The second-order valence-corrected chi connectivity index (χ2v) is 5.53. The molecule has 4 heterocycles. The molecule has 0 amide bonds. The van der Waals surface area contributed by atoms with Crippen molar-refractivity contribution in [1.29, 1.82) is 0 Å². The molecule has 7 heteroatoms. The van der Waals surface area contributed by atoms with Gasteiger partial charge in [0.2, 0.25) is 5.78 Å². The van der Waals surface area contributed by atoms with Gasteiger partial charge in [-0.25, -0.2) is 15.0 Å². The molecule has 0 saturated heterocycles. The molecule has 0 aliphatic carbocycles. The summed E-state index contributed by atoms with van der Waals surface area (Å²) in [5, 5.41) is 0.605. The van der Waals surface area contributed by atoms with Crippen molar-refractivity contribution in [1.82, 2.24) is 24.3 Å². The molecule has 0 saturated carbocycles. The lowest BCUT2D eigenvalue weighted by Gasteiger charge is -1.90. The molecule has 0 aliphatic rings. The Morgan fingerprint density at radius 2 is 2.19 bits per heavy atom. The highest BCUT2D eigenvalue weighted by molar-refractivity contribution is 7.98. The van der Waals surface area contributed by atoms with Crippen LogP contribution in [-0.4, -0.2) is 24.3 Å². The van der Waals surface area contributed by atoms with Crippen LogP contribution in [0.4, 0.5) is 0 Å². The van der Waals surface area contributed by atoms with Crippen LogP contribution in [0.5, 0.6) is 0 Å². The SMILES string of the molecule is Cc1ccc2oc(SCc3cn4cccnc4n3)nc2n1. The molecule has 0 radical (unpaired) electrons. The molecule has 0 N–H and O–H groups in total. The average molecular weight is 297 g/mol. The number of nitrogens with zero attached hydrogens (tertiary/aromatic N) is 5. The Balaban J connectivity index is 1.57. The van der Waals surface area contributed by atoms with Gasteiger partial charge in [0.05, 0.1) is 5.69 Å². The van der Waals surface area contributed by atoms with Crippen LogP contribution in [0.25, 0.3) is 17.0 Å². The predicted octanol–water partition coefficient (Wildman–Crippen LogP) is 2.87. The summed E-state index contributed by atoms with van der Waals surface area (Å²) in [6.07, 6.45) is 5.62. The Labute approximate surface area is 124 Å². The highest BCUT2D eigenvalue weighted by Crippen LogP contribution is 2.25. The molecule has 6 nitrogen and oxygen atoms in total. The fraction of sp³-hybridized carbons (Fsp3) is 0.143. The lowest BCUT2D eigenvalue weighted by atomic mass is 10.4. The maximum atomic E-state index is 5.66. The summed E-state index contributed by atoms with van der Waals surface area (Å²) in [5.41, 5.74) is 3.22. The van der Waals surface area contributed by atoms with Crippen molar-refractivity contribution in [3.05, 3.63) is 48.2 Å². The molecule has 0 unspecified atom stereocenters. The van der Waals surface area contributed by atoms with Crippen LogP contribution in [0.2, 0.25) is 0 Å². The number of hydrogen-bond donors (Lipinski definition) is 0. The standard InChI is InChI=1S/C14H11N5OS/c1-9-3-4-11-12(16-9)18-14(20-11)21-8-10-7-19-6-2-5-15-13(19)17-10/h2-7H,8H2,1H3. The van der Waals surface area contributed by atoms with Gasteiger partial charge in [-0.2, -0.15) is 4.98 Å². The summed E-state index contributed by atoms with van der Waals surface area (Å²) in [6, 6.07) is 5.68. The first-order chi connectivity index (χ1) is 10.3. The fourth-order valence-electron chi connectivity index (χ4n) is 2.04. The van der Waals surface area contributed by atoms with E-state index in [0.29, 0.717) is 28.0 Å². The van der Waals surface area contributed by atoms with E-state index in [1.54, 1.807) is 6.20 Å². The topological polar surface area (TPSA) is 69.1 Å². The van der Waals surface area contributed by atoms with Crippen LogP contribution in [0.1, 0.15) is 11.4 Å². The second kappa shape index (κ2) is 4.85. The highest BCUT2D eigenvalue weighted by atomic mass is 32.2. The molecule has 104 valence electrons. The van der Waals surface area contributed by atoms with Crippen LogP contribution < -0.4 is 0 Å². The van der Waals surface area contributed by atoms with E-state index in [1.165, 1.54) is 11.8 Å². The van der Waals surface area contributed by atoms with Gasteiger partial charge >= 0.3 is 0 Å². The van der Waals surface area contributed by atoms with E-state index in [0.717, 1.165) is 11.4 Å². The molecule has 0 aromatic carbocycles. The minimum atomic E-state index is 0.605. The third kappa shape index (κ3) is 2.36. The van der Waals surface area contributed by atoms with E-state index in [1.807, 2.05) is 41.9 Å². The van der Waals surface area contributed by atoms with Gasteiger partial charge in [0.25, 0.3) is 5.22 Å². The molecule has 0 fully saturated rings. The summed E-state index contributed by atoms with van der Waals surface area (Å²) in [4.78, 5) is 17.4. The predicted molar refractivity (Wildman–Crippen MR) is 79.1 cm³/mol. The third-order valence-electron chi connectivity index (χ3n) is 3.00.